The topological polar surface area (TPSA) is 136 Å². The van der Waals surface area contributed by atoms with E-state index in [4.69, 9.17) is 4.74 Å². The van der Waals surface area contributed by atoms with E-state index in [1.54, 1.807) is 6.07 Å². The standard InChI is InChI=1S/C22H19N3O7/c26-18(23-15-8-7-13-3-1-4-14(13)11-15)12-32-19(27)9-10-24-21(28)16-5-2-6-17(25(30)31)20(16)22(24)29/h2,5-8,11H,1,3-4,9-10,12H2,(H,23,26). The van der Waals surface area contributed by atoms with Gasteiger partial charge < -0.3 is 10.1 Å². The molecule has 0 bridgehead atoms. The van der Waals surface area contributed by atoms with Gasteiger partial charge in [0.15, 0.2) is 6.61 Å². The predicted molar refractivity (Wildman–Crippen MR) is 111 cm³/mol. The molecule has 164 valence electrons. The van der Waals surface area contributed by atoms with Gasteiger partial charge in [0.25, 0.3) is 23.4 Å². The Labute approximate surface area is 182 Å². The summed E-state index contributed by atoms with van der Waals surface area (Å²) in [5, 5.41) is 13.8. The summed E-state index contributed by atoms with van der Waals surface area (Å²) in [5.41, 5.74) is 2.26. The Bertz CT molecular complexity index is 1160. The molecule has 1 aliphatic carbocycles. The molecule has 2 aliphatic rings. The Morgan fingerprint density at radius 1 is 1.09 bits per heavy atom. The molecule has 0 saturated heterocycles. The average Bonchev–Trinajstić information content (AvgIpc) is 3.33. The first-order valence-electron chi connectivity index (χ1n) is 10.1. The van der Waals surface area contributed by atoms with Crippen molar-refractivity contribution in [3.05, 3.63) is 68.8 Å². The van der Waals surface area contributed by atoms with Gasteiger partial charge in [-0.25, -0.2) is 0 Å². The molecule has 1 heterocycles. The third kappa shape index (κ3) is 4.07. The van der Waals surface area contributed by atoms with E-state index in [-0.39, 0.29) is 24.1 Å². The number of anilines is 1. The highest BCUT2D eigenvalue weighted by Crippen LogP contribution is 2.30. The lowest BCUT2D eigenvalue weighted by atomic mass is 10.1. The van der Waals surface area contributed by atoms with Crippen molar-refractivity contribution < 1.29 is 28.8 Å². The Kier molecular flexibility index (Phi) is 5.67. The van der Waals surface area contributed by atoms with E-state index >= 15 is 0 Å². The van der Waals surface area contributed by atoms with Crippen LogP contribution in [0.15, 0.2) is 36.4 Å². The van der Waals surface area contributed by atoms with Gasteiger partial charge in [0.2, 0.25) is 0 Å². The van der Waals surface area contributed by atoms with Crippen LogP contribution in [0.3, 0.4) is 0 Å². The summed E-state index contributed by atoms with van der Waals surface area (Å²) in [4.78, 5) is 60.1. The molecule has 32 heavy (non-hydrogen) atoms. The molecule has 2 aromatic rings. The highest BCUT2D eigenvalue weighted by Gasteiger charge is 2.40. The van der Waals surface area contributed by atoms with Gasteiger partial charge in [-0.3, -0.25) is 34.2 Å². The molecule has 0 fully saturated rings. The van der Waals surface area contributed by atoms with Crippen molar-refractivity contribution in [3.63, 3.8) is 0 Å². The number of nitrogens with one attached hydrogen (secondary N) is 1. The molecule has 0 aromatic heterocycles. The number of nitrogens with zero attached hydrogens (tertiary/aromatic N) is 2. The van der Waals surface area contributed by atoms with E-state index in [9.17, 15) is 29.3 Å². The van der Waals surface area contributed by atoms with Crippen molar-refractivity contribution in [1.82, 2.24) is 4.90 Å². The van der Waals surface area contributed by atoms with Crippen molar-refractivity contribution in [2.45, 2.75) is 25.7 Å². The van der Waals surface area contributed by atoms with Crippen molar-refractivity contribution in [1.29, 1.82) is 0 Å². The molecule has 1 N–H and O–H groups in total. The molecule has 10 heteroatoms. The number of imide groups is 1. The van der Waals surface area contributed by atoms with Gasteiger partial charge >= 0.3 is 5.97 Å². The monoisotopic (exact) mass is 437 g/mol. The van der Waals surface area contributed by atoms with E-state index in [1.165, 1.54) is 23.3 Å². The highest BCUT2D eigenvalue weighted by atomic mass is 16.6. The number of aryl methyl sites for hydroxylation is 2. The summed E-state index contributed by atoms with van der Waals surface area (Å²) in [5.74, 6) is -2.83. The number of benzene rings is 2. The van der Waals surface area contributed by atoms with Gasteiger partial charge in [0.1, 0.15) is 5.56 Å². The van der Waals surface area contributed by atoms with Crippen LogP contribution in [0.1, 0.15) is 44.7 Å². The molecule has 2 aromatic carbocycles. The minimum atomic E-state index is -0.834. The number of rotatable bonds is 7. The molecule has 1 aliphatic heterocycles. The quantitative estimate of drug-likeness (QED) is 0.304. The second-order valence-electron chi connectivity index (χ2n) is 7.51. The van der Waals surface area contributed by atoms with Gasteiger partial charge in [0.05, 0.1) is 16.9 Å². The zero-order valence-electron chi connectivity index (χ0n) is 17.0. The summed E-state index contributed by atoms with van der Waals surface area (Å²) in [6.07, 6.45) is 2.74. The van der Waals surface area contributed by atoms with Gasteiger partial charge in [-0.15, -0.1) is 0 Å². The Balaban J connectivity index is 1.28. The van der Waals surface area contributed by atoms with Gasteiger partial charge in [-0.2, -0.15) is 0 Å². The van der Waals surface area contributed by atoms with Crippen LogP contribution in [0.4, 0.5) is 11.4 Å². The number of fused-ring (bicyclic) bond motifs is 2. The highest BCUT2D eigenvalue weighted by molar-refractivity contribution is 6.23. The molecular formula is C22H19N3O7. The number of hydrogen-bond donors (Lipinski definition) is 1. The lowest BCUT2D eigenvalue weighted by molar-refractivity contribution is -0.385. The van der Waals surface area contributed by atoms with Gasteiger partial charge in [0, 0.05) is 18.3 Å². The molecule has 10 nitrogen and oxygen atoms in total. The molecule has 0 unspecified atom stereocenters. The van der Waals surface area contributed by atoms with E-state index in [0.29, 0.717) is 5.69 Å². The van der Waals surface area contributed by atoms with Crippen molar-refractivity contribution in [2.75, 3.05) is 18.5 Å². The van der Waals surface area contributed by atoms with Crippen molar-refractivity contribution in [3.8, 4) is 0 Å². The minimum absolute atomic E-state index is 0.0775. The van der Waals surface area contributed by atoms with Crippen molar-refractivity contribution in [2.24, 2.45) is 0 Å². The number of nitro benzene ring substituents is 1. The number of ether oxygens (including phenoxy) is 1. The molecule has 3 amide bonds. The SMILES string of the molecule is O=C(COC(=O)CCN1C(=O)c2cccc([N+](=O)[O-])c2C1=O)Nc1ccc2c(c1)CCC2. The molecule has 0 radical (unpaired) electrons. The maximum atomic E-state index is 12.5. The molecule has 0 saturated carbocycles. The second kappa shape index (κ2) is 8.58. The third-order valence-electron chi connectivity index (χ3n) is 5.46. The Hall–Kier alpha value is -4.08. The molecule has 4 rings (SSSR count). The van der Waals surface area contributed by atoms with Crippen LogP contribution < -0.4 is 5.32 Å². The number of amides is 3. The normalized spacial score (nSPS) is 14.2. The fourth-order valence-electron chi connectivity index (χ4n) is 3.94. The van der Waals surface area contributed by atoms with Crippen LogP contribution >= 0.6 is 0 Å². The third-order valence-corrected chi connectivity index (χ3v) is 5.46. The number of esters is 1. The molecule has 0 atom stereocenters. The van der Waals surface area contributed by atoms with Gasteiger partial charge in [-0.1, -0.05) is 12.1 Å². The summed E-state index contributed by atoms with van der Waals surface area (Å²) < 4.78 is 4.93. The summed E-state index contributed by atoms with van der Waals surface area (Å²) in [6.45, 7) is -0.821. The van der Waals surface area contributed by atoms with E-state index in [1.807, 2.05) is 12.1 Å². The largest absolute Gasteiger partial charge is 0.456 e. The van der Waals surface area contributed by atoms with Crippen LogP contribution in [-0.2, 0) is 27.2 Å². The maximum Gasteiger partial charge on any atom is 0.308 e. The summed E-state index contributed by atoms with van der Waals surface area (Å²) >= 11 is 0. The Morgan fingerprint density at radius 2 is 1.88 bits per heavy atom. The van der Waals surface area contributed by atoms with Crippen LogP contribution in [0.2, 0.25) is 0 Å². The van der Waals surface area contributed by atoms with Gasteiger partial charge in [-0.05, 0) is 48.6 Å². The second-order valence-corrected chi connectivity index (χ2v) is 7.51. The number of nitro groups is 1. The van der Waals surface area contributed by atoms with Crippen LogP contribution in [0.5, 0.6) is 0 Å². The lowest BCUT2D eigenvalue weighted by Gasteiger charge is -2.13. The lowest BCUT2D eigenvalue weighted by Crippen LogP contribution is -2.32. The fraction of sp³-hybridized carbons (Fsp3) is 0.273. The zero-order valence-corrected chi connectivity index (χ0v) is 17.0. The van der Waals surface area contributed by atoms with Crippen LogP contribution in [-0.4, -0.2) is 46.7 Å². The average molecular weight is 437 g/mol. The Morgan fingerprint density at radius 3 is 2.66 bits per heavy atom. The molecular weight excluding hydrogens is 418 g/mol. The first kappa shape index (κ1) is 21.2. The zero-order chi connectivity index (χ0) is 22.8. The first-order valence-corrected chi connectivity index (χ1v) is 10.1. The minimum Gasteiger partial charge on any atom is -0.456 e. The first-order chi connectivity index (χ1) is 15.3. The van der Waals surface area contributed by atoms with Crippen molar-refractivity contribution >= 4 is 35.1 Å². The summed E-state index contributed by atoms with van der Waals surface area (Å²) in [7, 11) is 0. The fourth-order valence-corrected chi connectivity index (χ4v) is 3.94. The maximum absolute atomic E-state index is 12.5. The smallest absolute Gasteiger partial charge is 0.308 e. The van der Waals surface area contributed by atoms with E-state index in [0.717, 1.165) is 30.2 Å². The van der Waals surface area contributed by atoms with Crippen LogP contribution in [0.25, 0.3) is 0 Å². The number of carbonyl (C=O) groups excluding carboxylic acids is 4. The number of carbonyl (C=O) groups is 4. The summed E-state index contributed by atoms with van der Waals surface area (Å²) in [6, 6.07) is 9.45. The molecule has 0 spiro atoms. The van der Waals surface area contributed by atoms with E-state index in [2.05, 4.69) is 5.32 Å². The van der Waals surface area contributed by atoms with E-state index < -0.39 is 40.9 Å². The number of hydrogen-bond acceptors (Lipinski definition) is 7. The predicted octanol–water partition coefficient (Wildman–Crippen LogP) is 2.25. The van der Waals surface area contributed by atoms with Crippen LogP contribution in [0, 0.1) is 10.1 Å².